The van der Waals surface area contributed by atoms with Crippen molar-refractivity contribution in [1.29, 1.82) is 0 Å². The Morgan fingerprint density at radius 3 is 2.59 bits per heavy atom. The summed E-state index contributed by atoms with van der Waals surface area (Å²) in [5.41, 5.74) is 1.84. The molecule has 154 valence electrons. The lowest BCUT2D eigenvalue weighted by atomic mass is 10.1. The van der Waals surface area contributed by atoms with Crippen molar-refractivity contribution < 1.29 is 18.7 Å². The summed E-state index contributed by atoms with van der Waals surface area (Å²) >= 11 is 0. The molecule has 0 saturated carbocycles. The molecule has 0 atom stereocenters. The van der Waals surface area contributed by atoms with Crippen molar-refractivity contribution in [2.75, 3.05) is 38.6 Å². The van der Waals surface area contributed by atoms with Crippen LogP contribution < -0.4 is 10.1 Å². The number of likely N-dealkylation sites (tertiary alicyclic amines) is 1. The average molecular weight is 399 g/mol. The molecule has 29 heavy (non-hydrogen) atoms. The predicted molar refractivity (Wildman–Crippen MR) is 110 cm³/mol. The van der Waals surface area contributed by atoms with Gasteiger partial charge in [0.1, 0.15) is 6.61 Å². The summed E-state index contributed by atoms with van der Waals surface area (Å²) in [5, 5.41) is 2.85. The van der Waals surface area contributed by atoms with E-state index in [-0.39, 0.29) is 30.8 Å². The molecule has 1 saturated heterocycles. The maximum Gasteiger partial charge on any atom is 0.321 e. The number of halogens is 1. The van der Waals surface area contributed by atoms with Gasteiger partial charge in [0.05, 0.1) is 17.8 Å². The minimum Gasteiger partial charge on any atom is -0.489 e. The number of ether oxygens (including phenoxy) is 1. The number of nitrogens with one attached hydrogen (secondary N) is 1. The van der Waals surface area contributed by atoms with Gasteiger partial charge in [-0.2, -0.15) is 0 Å². The van der Waals surface area contributed by atoms with Gasteiger partial charge in [0.25, 0.3) is 5.91 Å². The molecule has 0 bridgehead atoms. The Morgan fingerprint density at radius 2 is 1.86 bits per heavy atom. The third-order valence-electron chi connectivity index (χ3n) is 5.00. The Balaban J connectivity index is 1.62. The Labute approximate surface area is 170 Å². The summed E-state index contributed by atoms with van der Waals surface area (Å²) in [5.74, 6) is -0.352. The number of hydrogen-bond donors (Lipinski definition) is 1. The number of benzene rings is 2. The largest absolute Gasteiger partial charge is 0.489 e. The third kappa shape index (κ3) is 5.04. The van der Waals surface area contributed by atoms with E-state index in [9.17, 15) is 14.0 Å². The van der Waals surface area contributed by atoms with Crippen LogP contribution in [0.5, 0.6) is 5.75 Å². The van der Waals surface area contributed by atoms with E-state index in [0.717, 1.165) is 31.5 Å². The Hall–Kier alpha value is -3.09. The Morgan fingerprint density at radius 1 is 1.14 bits per heavy atom. The SMILES string of the molecule is Cc1cccc(C(=O)N2CCCC2)c1NC(=O)N(C)CCOc1ccccc1F. The molecule has 3 rings (SSSR count). The van der Waals surface area contributed by atoms with Crippen molar-refractivity contribution in [2.45, 2.75) is 19.8 Å². The van der Waals surface area contributed by atoms with Crippen LogP contribution >= 0.6 is 0 Å². The monoisotopic (exact) mass is 399 g/mol. The van der Waals surface area contributed by atoms with Gasteiger partial charge in [0, 0.05) is 20.1 Å². The molecule has 3 amide bonds. The lowest BCUT2D eigenvalue weighted by molar-refractivity contribution is 0.0793. The van der Waals surface area contributed by atoms with Crippen LogP contribution in [0.1, 0.15) is 28.8 Å². The number of amides is 3. The van der Waals surface area contributed by atoms with Gasteiger partial charge in [0.15, 0.2) is 11.6 Å². The van der Waals surface area contributed by atoms with Crippen molar-refractivity contribution in [3.05, 3.63) is 59.4 Å². The Kier molecular flexibility index (Phi) is 6.69. The quantitative estimate of drug-likeness (QED) is 0.801. The molecule has 0 radical (unpaired) electrons. The van der Waals surface area contributed by atoms with E-state index in [1.54, 1.807) is 31.3 Å². The standard InChI is InChI=1S/C22H26FN3O3/c1-16-8-7-9-17(21(27)26-12-5-6-13-26)20(16)24-22(28)25(2)14-15-29-19-11-4-3-10-18(19)23/h3-4,7-11H,5-6,12-15H2,1-2H3,(H,24,28). The minimum absolute atomic E-state index is 0.0629. The number of nitrogens with zero attached hydrogens (tertiary/aromatic N) is 2. The second-order valence-corrected chi connectivity index (χ2v) is 7.13. The lowest BCUT2D eigenvalue weighted by Gasteiger charge is -2.22. The normalized spacial score (nSPS) is 13.3. The van der Waals surface area contributed by atoms with E-state index in [2.05, 4.69) is 5.32 Å². The summed E-state index contributed by atoms with van der Waals surface area (Å²) in [4.78, 5) is 28.7. The first-order valence-electron chi connectivity index (χ1n) is 9.75. The predicted octanol–water partition coefficient (Wildman–Crippen LogP) is 3.91. The molecule has 0 aromatic heterocycles. The van der Waals surface area contributed by atoms with E-state index >= 15 is 0 Å². The van der Waals surface area contributed by atoms with E-state index in [1.807, 2.05) is 24.0 Å². The fraction of sp³-hybridized carbons (Fsp3) is 0.364. The van der Waals surface area contributed by atoms with Gasteiger partial charge in [-0.15, -0.1) is 0 Å². The van der Waals surface area contributed by atoms with Crippen molar-refractivity contribution in [1.82, 2.24) is 9.80 Å². The third-order valence-corrected chi connectivity index (χ3v) is 5.00. The molecule has 2 aromatic carbocycles. The van der Waals surface area contributed by atoms with Crippen LogP contribution in [-0.4, -0.2) is 55.0 Å². The lowest BCUT2D eigenvalue weighted by Crippen LogP contribution is -2.36. The van der Waals surface area contributed by atoms with Crippen LogP contribution in [0.2, 0.25) is 0 Å². The number of para-hydroxylation sites is 2. The number of hydrogen-bond acceptors (Lipinski definition) is 3. The molecular weight excluding hydrogens is 373 g/mol. The van der Waals surface area contributed by atoms with Crippen LogP contribution in [-0.2, 0) is 0 Å². The molecule has 1 heterocycles. The molecule has 1 aliphatic rings. The van der Waals surface area contributed by atoms with E-state index in [1.165, 1.54) is 11.0 Å². The fourth-order valence-electron chi connectivity index (χ4n) is 3.26. The van der Waals surface area contributed by atoms with Crippen LogP contribution in [0.25, 0.3) is 0 Å². The summed E-state index contributed by atoms with van der Waals surface area (Å²) in [6.45, 7) is 3.76. The average Bonchev–Trinajstić information content (AvgIpc) is 3.25. The second kappa shape index (κ2) is 9.41. The molecule has 1 fully saturated rings. The summed E-state index contributed by atoms with van der Waals surface area (Å²) < 4.78 is 19.0. The first-order valence-corrected chi connectivity index (χ1v) is 9.75. The topological polar surface area (TPSA) is 61.9 Å². The van der Waals surface area contributed by atoms with Crippen molar-refractivity contribution in [2.24, 2.45) is 0 Å². The van der Waals surface area contributed by atoms with Gasteiger partial charge >= 0.3 is 6.03 Å². The van der Waals surface area contributed by atoms with Gasteiger partial charge in [-0.25, -0.2) is 9.18 Å². The Bertz CT molecular complexity index is 881. The number of carbonyl (C=O) groups excluding carboxylic acids is 2. The highest BCUT2D eigenvalue weighted by atomic mass is 19.1. The van der Waals surface area contributed by atoms with E-state index in [4.69, 9.17) is 4.74 Å². The van der Waals surface area contributed by atoms with Gasteiger partial charge in [-0.1, -0.05) is 24.3 Å². The van der Waals surface area contributed by atoms with Crippen LogP contribution in [0.3, 0.4) is 0 Å². The molecule has 0 spiro atoms. The molecule has 2 aromatic rings. The molecule has 0 unspecified atom stereocenters. The number of rotatable bonds is 6. The first-order chi connectivity index (χ1) is 14.0. The number of urea groups is 1. The van der Waals surface area contributed by atoms with Gasteiger partial charge in [-0.3, -0.25) is 4.79 Å². The summed E-state index contributed by atoms with van der Waals surface area (Å²) in [6, 6.07) is 11.2. The number of anilines is 1. The zero-order valence-electron chi connectivity index (χ0n) is 16.8. The number of likely N-dealkylation sites (N-methyl/N-ethyl adjacent to an activating group) is 1. The first kappa shape index (κ1) is 20.6. The highest BCUT2D eigenvalue weighted by Crippen LogP contribution is 2.24. The molecule has 1 N–H and O–H groups in total. The summed E-state index contributed by atoms with van der Waals surface area (Å²) in [6.07, 6.45) is 2.01. The van der Waals surface area contributed by atoms with E-state index < -0.39 is 5.82 Å². The summed E-state index contributed by atoms with van der Waals surface area (Å²) in [7, 11) is 1.63. The van der Waals surface area contributed by atoms with Crippen LogP contribution in [0, 0.1) is 12.7 Å². The minimum atomic E-state index is -0.440. The van der Waals surface area contributed by atoms with Crippen molar-refractivity contribution >= 4 is 17.6 Å². The number of carbonyl (C=O) groups is 2. The van der Waals surface area contributed by atoms with Crippen LogP contribution in [0.4, 0.5) is 14.9 Å². The van der Waals surface area contributed by atoms with Crippen molar-refractivity contribution in [3.8, 4) is 5.75 Å². The molecule has 7 heteroatoms. The zero-order chi connectivity index (χ0) is 20.8. The highest BCUT2D eigenvalue weighted by Gasteiger charge is 2.23. The van der Waals surface area contributed by atoms with Gasteiger partial charge in [0.2, 0.25) is 0 Å². The molecule has 1 aliphatic heterocycles. The highest BCUT2D eigenvalue weighted by molar-refractivity contribution is 6.04. The number of aryl methyl sites for hydroxylation is 1. The molecule has 6 nitrogen and oxygen atoms in total. The van der Waals surface area contributed by atoms with Crippen molar-refractivity contribution in [3.63, 3.8) is 0 Å². The fourth-order valence-corrected chi connectivity index (χ4v) is 3.26. The van der Waals surface area contributed by atoms with Gasteiger partial charge in [-0.05, 0) is 43.5 Å². The maximum atomic E-state index is 13.6. The zero-order valence-corrected chi connectivity index (χ0v) is 16.8. The molecular formula is C22H26FN3O3. The smallest absolute Gasteiger partial charge is 0.321 e. The molecule has 0 aliphatic carbocycles. The maximum absolute atomic E-state index is 13.6. The van der Waals surface area contributed by atoms with Crippen LogP contribution in [0.15, 0.2) is 42.5 Å². The van der Waals surface area contributed by atoms with E-state index in [0.29, 0.717) is 11.3 Å². The second-order valence-electron chi connectivity index (χ2n) is 7.13. The van der Waals surface area contributed by atoms with Gasteiger partial charge < -0.3 is 19.9 Å².